The molecular formula is C24H32N2O6. The predicted octanol–water partition coefficient (Wildman–Crippen LogP) is 4.59. The van der Waals surface area contributed by atoms with Crippen LogP contribution in [0.25, 0.3) is 10.9 Å². The number of alkyl carbamates (subject to hydrolysis) is 1. The van der Waals surface area contributed by atoms with Gasteiger partial charge in [0, 0.05) is 18.0 Å². The van der Waals surface area contributed by atoms with Gasteiger partial charge in [-0.3, -0.25) is 4.57 Å². The molecule has 32 heavy (non-hydrogen) atoms. The first-order valence-corrected chi connectivity index (χ1v) is 10.4. The Hall–Kier alpha value is -3.29. The van der Waals surface area contributed by atoms with Crippen molar-refractivity contribution in [1.29, 1.82) is 0 Å². The number of nitrogens with zero attached hydrogens (tertiary/aromatic N) is 1. The predicted molar refractivity (Wildman–Crippen MR) is 122 cm³/mol. The minimum atomic E-state index is -1.02. The molecule has 0 bridgehead atoms. The summed E-state index contributed by atoms with van der Waals surface area (Å²) in [7, 11) is 0. The van der Waals surface area contributed by atoms with E-state index in [1.165, 1.54) is 10.6 Å². The van der Waals surface area contributed by atoms with Gasteiger partial charge in [-0.05, 0) is 53.2 Å². The molecule has 2 aromatic rings. The number of fused-ring (bicyclic) bond motifs is 1. The van der Waals surface area contributed by atoms with Crippen LogP contribution in [0.15, 0.2) is 43.1 Å². The van der Waals surface area contributed by atoms with Gasteiger partial charge in [0.25, 0.3) is 0 Å². The third-order valence-corrected chi connectivity index (χ3v) is 4.12. The zero-order valence-electron chi connectivity index (χ0n) is 19.6. The van der Waals surface area contributed by atoms with Gasteiger partial charge in [-0.2, -0.15) is 0 Å². The second-order valence-corrected chi connectivity index (χ2v) is 9.34. The Morgan fingerprint density at radius 3 is 2.28 bits per heavy atom. The molecule has 0 aliphatic rings. The second kappa shape index (κ2) is 9.89. The van der Waals surface area contributed by atoms with E-state index in [0.717, 1.165) is 5.39 Å². The van der Waals surface area contributed by atoms with Crippen molar-refractivity contribution < 1.29 is 28.6 Å². The maximum absolute atomic E-state index is 12.9. The Labute approximate surface area is 188 Å². The Kier molecular flexibility index (Phi) is 7.72. The quantitative estimate of drug-likeness (QED) is 0.398. The van der Waals surface area contributed by atoms with Crippen molar-refractivity contribution in [1.82, 2.24) is 9.88 Å². The Bertz CT molecular complexity index is 994. The number of esters is 1. The highest BCUT2D eigenvalue weighted by molar-refractivity contribution is 5.92. The second-order valence-electron chi connectivity index (χ2n) is 9.34. The van der Waals surface area contributed by atoms with Crippen LogP contribution in [0, 0.1) is 0 Å². The minimum absolute atomic E-state index is 0.0708. The van der Waals surface area contributed by atoms with Gasteiger partial charge in [0.2, 0.25) is 0 Å². The normalized spacial score (nSPS) is 12.7. The van der Waals surface area contributed by atoms with Crippen LogP contribution in [-0.2, 0) is 25.4 Å². The maximum Gasteiger partial charge on any atom is 0.418 e. The van der Waals surface area contributed by atoms with E-state index in [1.54, 1.807) is 59.9 Å². The molecular weight excluding hydrogens is 412 g/mol. The molecule has 0 radical (unpaired) electrons. The lowest BCUT2D eigenvalue weighted by Crippen LogP contribution is -2.47. The van der Waals surface area contributed by atoms with Gasteiger partial charge in [-0.1, -0.05) is 30.9 Å². The van der Waals surface area contributed by atoms with Crippen molar-refractivity contribution in [3.8, 4) is 0 Å². The van der Waals surface area contributed by atoms with Crippen molar-refractivity contribution in [2.75, 3.05) is 6.61 Å². The van der Waals surface area contributed by atoms with Crippen molar-refractivity contribution in [2.24, 2.45) is 0 Å². The van der Waals surface area contributed by atoms with Gasteiger partial charge in [0.15, 0.2) is 0 Å². The molecule has 0 fully saturated rings. The standard InChI is InChI=1S/C24H32N2O6/c1-8-13-30-22(29)26-15-16(17-11-9-10-12-19(17)26)14-18(20(27)31-23(2,3)4)25-21(28)32-24(5,6)7/h8-12,15,18H,1,13-14H2,2-7H3,(H,25,28)/t18-/m0/s1. The minimum Gasteiger partial charge on any atom is -0.458 e. The summed E-state index contributed by atoms with van der Waals surface area (Å²) >= 11 is 0. The van der Waals surface area contributed by atoms with E-state index >= 15 is 0 Å². The number of rotatable bonds is 6. The van der Waals surface area contributed by atoms with E-state index in [9.17, 15) is 14.4 Å². The number of amides is 1. The van der Waals surface area contributed by atoms with Gasteiger partial charge in [-0.15, -0.1) is 0 Å². The van der Waals surface area contributed by atoms with Crippen molar-refractivity contribution in [2.45, 2.75) is 65.2 Å². The summed E-state index contributed by atoms with van der Waals surface area (Å²) < 4.78 is 17.3. The Morgan fingerprint density at radius 1 is 1.06 bits per heavy atom. The number of nitrogens with one attached hydrogen (secondary N) is 1. The summed E-state index contributed by atoms with van der Waals surface area (Å²) in [5, 5.41) is 3.36. The lowest BCUT2D eigenvalue weighted by Gasteiger charge is -2.26. The number of benzene rings is 1. The largest absolute Gasteiger partial charge is 0.458 e. The average Bonchev–Trinajstić information content (AvgIpc) is 3.01. The van der Waals surface area contributed by atoms with Crippen LogP contribution in [0.2, 0.25) is 0 Å². The van der Waals surface area contributed by atoms with E-state index in [2.05, 4.69) is 11.9 Å². The van der Waals surface area contributed by atoms with Crippen LogP contribution in [0.4, 0.5) is 9.59 Å². The molecule has 0 aliphatic heterocycles. The zero-order valence-corrected chi connectivity index (χ0v) is 19.6. The first-order valence-electron chi connectivity index (χ1n) is 10.4. The molecule has 0 aliphatic carbocycles. The highest BCUT2D eigenvalue weighted by Gasteiger charge is 2.30. The molecule has 2 rings (SSSR count). The van der Waals surface area contributed by atoms with Crippen molar-refractivity contribution in [3.63, 3.8) is 0 Å². The molecule has 1 heterocycles. The first kappa shape index (κ1) is 25.0. The summed E-state index contributed by atoms with van der Waals surface area (Å²) in [6.45, 7) is 14.1. The summed E-state index contributed by atoms with van der Waals surface area (Å²) in [5.41, 5.74) is -0.180. The molecule has 174 valence electrons. The third-order valence-electron chi connectivity index (χ3n) is 4.12. The summed E-state index contributed by atoms with van der Waals surface area (Å²) in [6, 6.07) is 6.22. The van der Waals surface area contributed by atoms with Crippen molar-refractivity contribution >= 4 is 29.1 Å². The Morgan fingerprint density at radius 2 is 1.69 bits per heavy atom. The third kappa shape index (κ3) is 7.14. The smallest absolute Gasteiger partial charge is 0.418 e. The maximum atomic E-state index is 12.9. The molecule has 1 aromatic heterocycles. The highest BCUT2D eigenvalue weighted by Crippen LogP contribution is 2.24. The lowest BCUT2D eigenvalue weighted by atomic mass is 10.0. The SMILES string of the molecule is C=CCOC(=O)n1cc(C[C@H](NC(=O)OC(C)(C)C)C(=O)OC(C)(C)C)c2ccccc21. The molecule has 0 spiro atoms. The van der Waals surface area contributed by atoms with Gasteiger partial charge >= 0.3 is 18.2 Å². The van der Waals surface area contributed by atoms with E-state index in [4.69, 9.17) is 14.2 Å². The summed E-state index contributed by atoms with van der Waals surface area (Å²) in [6.07, 6.45) is 1.87. The van der Waals surface area contributed by atoms with Crippen LogP contribution in [0.5, 0.6) is 0 Å². The van der Waals surface area contributed by atoms with Crippen LogP contribution in [-0.4, -0.2) is 46.6 Å². The molecule has 0 unspecified atom stereocenters. The van der Waals surface area contributed by atoms with Crippen LogP contribution < -0.4 is 5.32 Å². The lowest BCUT2D eigenvalue weighted by molar-refractivity contribution is -0.157. The number of hydrogen-bond acceptors (Lipinski definition) is 6. The number of aromatic nitrogens is 1. The fraction of sp³-hybridized carbons (Fsp3) is 0.458. The molecule has 1 amide bonds. The van der Waals surface area contributed by atoms with Crippen LogP contribution in [0.1, 0.15) is 47.1 Å². The number of ether oxygens (including phenoxy) is 3. The fourth-order valence-corrected chi connectivity index (χ4v) is 3.00. The van der Waals surface area contributed by atoms with Crippen LogP contribution in [0.3, 0.4) is 0 Å². The summed E-state index contributed by atoms with van der Waals surface area (Å²) in [5.74, 6) is -0.602. The van der Waals surface area contributed by atoms with Gasteiger partial charge in [-0.25, -0.2) is 14.4 Å². The number of carbonyl (C=O) groups is 3. The van der Waals surface area contributed by atoms with Crippen molar-refractivity contribution in [3.05, 3.63) is 48.7 Å². The summed E-state index contributed by atoms with van der Waals surface area (Å²) in [4.78, 5) is 37.8. The first-order chi connectivity index (χ1) is 14.8. The van der Waals surface area contributed by atoms with E-state index < -0.39 is 35.4 Å². The Balaban J connectivity index is 2.39. The number of hydrogen-bond donors (Lipinski definition) is 1. The molecule has 8 nitrogen and oxygen atoms in total. The van der Waals surface area contributed by atoms with Gasteiger partial charge < -0.3 is 19.5 Å². The molecule has 0 saturated carbocycles. The average molecular weight is 445 g/mol. The monoisotopic (exact) mass is 444 g/mol. The zero-order chi connectivity index (χ0) is 24.1. The van der Waals surface area contributed by atoms with Gasteiger partial charge in [0.05, 0.1) is 5.52 Å². The molecule has 1 N–H and O–H groups in total. The van der Waals surface area contributed by atoms with Crippen LogP contribution >= 0.6 is 0 Å². The van der Waals surface area contributed by atoms with E-state index in [-0.39, 0.29) is 13.0 Å². The van der Waals surface area contributed by atoms with E-state index in [1.807, 2.05) is 12.1 Å². The van der Waals surface area contributed by atoms with E-state index in [0.29, 0.717) is 11.1 Å². The molecule has 1 aromatic carbocycles. The molecule has 8 heteroatoms. The molecule has 1 atom stereocenters. The van der Waals surface area contributed by atoms with Gasteiger partial charge in [0.1, 0.15) is 23.9 Å². The number of para-hydroxylation sites is 1. The molecule has 0 saturated heterocycles. The topological polar surface area (TPSA) is 95.9 Å². The number of carbonyl (C=O) groups excluding carboxylic acids is 3. The fourth-order valence-electron chi connectivity index (χ4n) is 3.00. The highest BCUT2D eigenvalue weighted by atomic mass is 16.6.